The summed E-state index contributed by atoms with van der Waals surface area (Å²) in [6, 6.07) is 3.85. The van der Waals surface area contributed by atoms with Gasteiger partial charge in [0.1, 0.15) is 5.75 Å². The van der Waals surface area contributed by atoms with E-state index >= 15 is 0 Å². The van der Waals surface area contributed by atoms with Gasteiger partial charge in [-0.25, -0.2) is 0 Å². The predicted octanol–water partition coefficient (Wildman–Crippen LogP) is 3.34. The Labute approximate surface area is 134 Å². The zero-order valence-corrected chi connectivity index (χ0v) is 14.6. The SMILES string of the molecule is COc1cc(Br)cc(C)c1NC(=O)C1(C(C)C)CCNC1. The van der Waals surface area contributed by atoms with Crippen molar-refractivity contribution in [1.82, 2.24) is 5.32 Å². The molecule has 2 rings (SSSR count). The van der Waals surface area contributed by atoms with E-state index in [9.17, 15) is 4.79 Å². The Morgan fingerprint density at radius 1 is 1.48 bits per heavy atom. The Balaban J connectivity index is 2.31. The first-order chi connectivity index (χ1) is 9.90. The number of methoxy groups -OCH3 is 1. The van der Waals surface area contributed by atoms with E-state index in [2.05, 4.69) is 40.4 Å². The van der Waals surface area contributed by atoms with Crippen LogP contribution in [0.1, 0.15) is 25.8 Å². The van der Waals surface area contributed by atoms with Crippen molar-refractivity contribution in [2.24, 2.45) is 11.3 Å². The van der Waals surface area contributed by atoms with Gasteiger partial charge < -0.3 is 15.4 Å². The van der Waals surface area contributed by atoms with E-state index in [-0.39, 0.29) is 17.2 Å². The minimum Gasteiger partial charge on any atom is -0.495 e. The molecule has 0 aliphatic carbocycles. The highest BCUT2D eigenvalue weighted by molar-refractivity contribution is 9.10. The first kappa shape index (κ1) is 16.3. The maximum atomic E-state index is 12.9. The Hall–Kier alpha value is -1.07. The molecule has 1 fully saturated rings. The lowest BCUT2D eigenvalue weighted by molar-refractivity contribution is -0.126. The molecule has 0 bridgehead atoms. The Morgan fingerprint density at radius 3 is 2.71 bits per heavy atom. The molecule has 5 heteroatoms. The third kappa shape index (κ3) is 3.09. The number of nitrogens with one attached hydrogen (secondary N) is 2. The molecule has 0 aromatic heterocycles. The van der Waals surface area contributed by atoms with Crippen molar-refractivity contribution >= 4 is 27.5 Å². The number of aryl methyl sites for hydroxylation is 1. The van der Waals surface area contributed by atoms with Crippen LogP contribution >= 0.6 is 15.9 Å². The van der Waals surface area contributed by atoms with Gasteiger partial charge in [-0.1, -0.05) is 29.8 Å². The standard InChI is InChI=1S/C16H23BrN2O2/c1-10(2)16(5-6-18-9-16)15(20)19-14-11(3)7-12(17)8-13(14)21-4/h7-8,10,18H,5-6,9H2,1-4H3,(H,19,20). The summed E-state index contributed by atoms with van der Waals surface area (Å²) in [4.78, 5) is 12.9. The Kier molecular flexibility index (Phi) is 4.94. The molecular weight excluding hydrogens is 332 g/mol. The average molecular weight is 355 g/mol. The van der Waals surface area contributed by atoms with E-state index in [0.29, 0.717) is 5.75 Å². The Bertz CT molecular complexity index is 537. The molecule has 1 atom stereocenters. The first-order valence-corrected chi connectivity index (χ1v) is 8.06. The second kappa shape index (κ2) is 6.36. The third-order valence-corrected chi connectivity index (χ3v) is 4.93. The molecule has 1 aromatic rings. The number of anilines is 1. The third-order valence-electron chi connectivity index (χ3n) is 4.47. The lowest BCUT2D eigenvalue weighted by atomic mass is 9.75. The fourth-order valence-electron chi connectivity index (χ4n) is 2.93. The van der Waals surface area contributed by atoms with Gasteiger partial charge in [-0.15, -0.1) is 0 Å². The van der Waals surface area contributed by atoms with Crippen molar-refractivity contribution in [2.45, 2.75) is 27.2 Å². The van der Waals surface area contributed by atoms with Gasteiger partial charge in [-0.05, 0) is 43.5 Å². The molecule has 1 aliphatic heterocycles. The lowest BCUT2D eigenvalue weighted by Crippen LogP contribution is -2.42. The molecule has 1 aromatic carbocycles. The number of ether oxygens (including phenoxy) is 1. The predicted molar refractivity (Wildman–Crippen MR) is 88.8 cm³/mol. The number of rotatable bonds is 4. The van der Waals surface area contributed by atoms with Gasteiger partial charge >= 0.3 is 0 Å². The van der Waals surface area contributed by atoms with Crippen LogP contribution in [0.2, 0.25) is 0 Å². The van der Waals surface area contributed by atoms with E-state index in [4.69, 9.17) is 4.74 Å². The molecule has 0 spiro atoms. The molecule has 4 nitrogen and oxygen atoms in total. The molecule has 1 aliphatic rings. The van der Waals surface area contributed by atoms with Crippen molar-refractivity contribution in [3.63, 3.8) is 0 Å². The van der Waals surface area contributed by atoms with Gasteiger partial charge in [-0.3, -0.25) is 4.79 Å². The number of benzene rings is 1. The monoisotopic (exact) mass is 354 g/mol. The summed E-state index contributed by atoms with van der Waals surface area (Å²) >= 11 is 3.45. The normalized spacial score (nSPS) is 21.6. The van der Waals surface area contributed by atoms with Crippen LogP contribution < -0.4 is 15.4 Å². The maximum absolute atomic E-state index is 12.9. The molecule has 21 heavy (non-hydrogen) atoms. The van der Waals surface area contributed by atoms with Crippen molar-refractivity contribution < 1.29 is 9.53 Å². The van der Waals surface area contributed by atoms with Crippen molar-refractivity contribution in [1.29, 1.82) is 0 Å². The van der Waals surface area contributed by atoms with Gasteiger partial charge in [0, 0.05) is 11.0 Å². The van der Waals surface area contributed by atoms with E-state index in [1.165, 1.54) is 0 Å². The summed E-state index contributed by atoms with van der Waals surface area (Å²) in [5.41, 5.74) is 1.40. The van der Waals surface area contributed by atoms with E-state index in [0.717, 1.165) is 35.2 Å². The Morgan fingerprint density at radius 2 is 2.19 bits per heavy atom. The van der Waals surface area contributed by atoms with Crippen molar-refractivity contribution in [3.05, 3.63) is 22.2 Å². The van der Waals surface area contributed by atoms with Crippen LogP contribution in [0, 0.1) is 18.3 Å². The van der Waals surface area contributed by atoms with Crippen LogP contribution in [0.15, 0.2) is 16.6 Å². The first-order valence-electron chi connectivity index (χ1n) is 7.27. The molecule has 0 radical (unpaired) electrons. The average Bonchev–Trinajstić information content (AvgIpc) is 2.92. The van der Waals surface area contributed by atoms with Crippen LogP contribution in [0.4, 0.5) is 5.69 Å². The van der Waals surface area contributed by atoms with E-state index < -0.39 is 0 Å². The summed E-state index contributed by atoms with van der Waals surface area (Å²) in [5, 5.41) is 6.41. The summed E-state index contributed by atoms with van der Waals surface area (Å²) in [7, 11) is 1.62. The summed E-state index contributed by atoms with van der Waals surface area (Å²) in [5.74, 6) is 1.04. The molecule has 1 heterocycles. The van der Waals surface area contributed by atoms with Crippen LogP contribution in [-0.4, -0.2) is 26.1 Å². The number of hydrogen-bond donors (Lipinski definition) is 2. The minimum absolute atomic E-state index is 0.0752. The molecule has 116 valence electrons. The molecule has 1 amide bonds. The summed E-state index contributed by atoms with van der Waals surface area (Å²) < 4.78 is 6.34. The van der Waals surface area contributed by atoms with Gasteiger partial charge in [0.05, 0.1) is 18.2 Å². The molecule has 2 N–H and O–H groups in total. The highest BCUT2D eigenvalue weighted by Crippen LogP contribution is 2.38. The molecule has 1 unspecified atom stereocenters. The smallest absolute Gasteiger partial charge is 0.232 e. The number of hydrogen-bond acceptors (Lipinski definition) is 3. The fraction of sp³-hybridized carbons (Fsp3) is 0.562. The highest BCUT2D eigenvalue weighted by atomic mass is 79.9. The van der Waals surface area contributed by atoms with Crippen molar-refractivity contribution in [3.8, 4) is 5.75 Å². The van der Waals surface area contributed by atoms with E-state index in [1.54, 1.807) is 7.11 Å². The number of amides is 1. The zero-order valence-electron chi connectivity index (χ0n) is 13.0. The molecule has 0 saturated carbocycles. The van der Waals surface area contributed by atoms with Crippen LogP contribution in [0.3, 0.4) is 0 Å². The summed E-state index contributed by atoms with van der Waals surface area (Å²) in [6.07, 6.45) is 0.869. The van der Waals surface area contributed by atoms with Gasteiger partial charge in [0.25, 0.3) is 0 Å². The summed E-state index contributed by atoms with van der Waals surface area (Å²) in [6.45, 7) is 7.81. The second-order valence-electron chi connectivity index (χ2n) is 5.99. The topological polar surface area (TPSA) is 50.4 Å². The van der Waals surface area contributed by atoms with Crippen molar-refractivity contribution in [2.75, 3.05) is 25.5 Å². The van der Waals surface area contributed by atoms with Gasteiger partial charge in [0.2, 0.25) is 5.91 Å². The van der Waals surface area contributed by atoms with Crippen LogP contribution in [0.25, 0.3) is 0 Å². The van der Waals surface area contributed by atoms with Crippen LogP contribution in [0.5, 0.6) is 5.75 Å². The zero-order chi connectivity index (χ0) is 15.6. The highest BCUT2D eigenvalue weighted by Gasteiger charge is 2.44. The molecular formula is C16H23BrN2O2. The lowest BCUT2D eigenvalue weighted by Gasteiger charge is -2.31. The van der Waals surface area contributed by atoms with Gasteiger partial charge in [0.15, 0.2) is 0 Å². The molecule has 1 saturated heterocycles. The van der Waals surface area contributed by atoms with Gasteiger partial charge in [-0.2, -0.15) is 0 Å². The fourth-order valence-corrected chi connectivity index (χ4v) is 3.48. The maximum Gasteiger partial charge on any atom is 0.232 e. The largest absolute Gasteiger partial charge is 0.495 e. The van der Waals surface area contributed by atoms with E-state index in [1.807, 2.05) is 19.1 Å². The second-order valence-corrected chi connectivity index (χ2v) is 6.91. The number of carbonyl (C=O) groups is 1. The number of carbonyl (C=O) groups excluding carboxylic acids is 1. The quantitative estimate of drug-likeness (QED) is 0.871. The number of halogens is 1. The van der Waals surface area contributed by atoms with Crippen LogP contribution in [-0.2, 0) is 4.79 Å². The minimum atomic E-state index is -0.343.